The van der Waals surface area contributed by atoms with E-state index in [0.717, 1.165) is 19.5 Å². The van der Waals surface area contributed by atoms with Crippen LogP contribution in [0.15, 0.2) is 4.99 Å². The lowest BCUT2D eigenvalue weighted by atomic mass is 9.97. The number of guanidine groups is 1. The van der Waals surface area contributed by atoms with Gasteiger partial charge in [0.1, 0.15) is 0 Å². The fourth-order valence-corrected chi connectivity index (χ4v) is 1.69. The molecule has 1 fully saturated rings. The summed E-state index contributed by atoms with van der Waals surface area (Å²) < 4.78 is 0. The highest BCUT2D eigenvalue weighted by molar-refractivity contribution is 5.78. The number of hydrogen-bond acceptors (Lipinski definition) is 2. The Hall–Kier alpha value is -0.770. The molecule has 1 aliphatic heterocycles. The van der Waals surface area contributed by atoms with Gasteiger partial charge in [0, 0.05) is 19.1 Å². The molecule has 4 nitrogen and oxygen atoms in total. The third kappa shape index (κ3) is 2.87. The molecule has 0 aromatic carbocycles. The minimum atomic E-state index is -0.182. The topological polar surface area (TPSA) is 61.8 Å². The maximum absolute atomic E-state index is 9.55. The van der Waals surface area contributed by atoms with Crippen molar-refractivity contribution in [1.82, 2.24) is 4.90 Å². The number of piperidine rings is 1. The van der Waals surface area contributed by atoms with Crippen LogP contribution in [0.25, 0.3) is 0 Å². The normalized spacial score (nSPS) is 29.8. The van der Waals surface area contributed by atoms with Gasteiger partial charge < -0.3 is 15.7 Å². The largest absolute Gasteiger partial charge is 0.393 e. The number of aliphatic imine (C=N–C) groups is 1. The van der Waals surface area contributed by atoms with Gasteiger partial charge in [-0.25, -0.2) is 0 Å². The summed E-state index contributed by atoms with van der Waals surface area (Å²) in [7, 11) is 0. The molecule has 2 atom stereocenters. The molecular weight excluding hydrogens is 178 g/mol. The number of rotatable bonds is 1. The fourth-order valence-electron chi connectivity index (χ4n) is 1.69. The first-order chi connectivity index (χ1) is 6.50. The molecule has 14 heavy (non-hydrogen) atoms. The molecule has 1 rings (SSSR count). The van der Waals surface area contributed by atoms with Gasteiger partial charge in [-0.05, 0) is 26.2 Å². The number of nitrogens with two attached hydrogens (primary N) is 1. The van der Waals surface area contributed by atoms with E-state index < -0.39 is 0 Å². The summed E-state index contributed by atoms with van der Waals surface area (Å²) in [5, 5.41) is 9.55. The molecule has 0 aromatic heterocycles. The Balaban J connectivity index is 2.54. The lowest BCUT2D eigenvalue weighted by molar-refractivity contribution is 0.0585. The van der Waals surface area contributed by atoms with E-state index in [4.69, 9.17) is 5.73 Å². The molecule has 1 aliphatic rings. The summed E-state index contributed by atoms with van der Waals surface area (Å²) in [5.74, 6) is 0.892. The minimum Gasteiger partial charge on any atom is -0.393 e. The highest BCUT2D eigenvalue weighted by Crippen LogP contribution is 2.16. The molecule has 0 spiro atoms. The zero-order valence-electron chi connectivity index (χ0n) is 9.27. The van der Waals surface area contributed by atoms with Crippen molar-refractivity contribution in [2.45, 2.75) is 39.3 Å². The minimum absolute atomic E-state index is 0.182. The molecule has 0 amide bonds. The summed E-state index contributed by atoms with van der Waals surface area (Å²) in [6, 6.07) is 0.233. The number of likely N-dealkylation sites (tertiary alicyclic amines) is 1. The van der Waals surface area contributed by atoms with Crippen molar-refractivity contribution in [2.75, 3.05) is 13.1 Å². The van der Waals surface area contributed by atoms with E-state index in [1.54, 1.807) is 0 Å². The second-order valence-corrected chi connectivity index (χ2v) is 4.36. The van der Waals surface area contributed by atoms with Gasteiger partial charge in [0.25, 0.3) is 0 Å². The summed E-state index contributed by atoms with van der Waals surface area (Å²) >= 11 is 0. The first kappa shape index (κ1) is 11.3. The maximum atomic E-state index is 9.55. The predicted octanol–water partition coefficient (Wildman–Crippen LogP) is 0.412. The molecule has 4 heteroatoms. The highest BCUT2D eigenvalue weighted by atomic mass is 16.3. The molecule has 3 N–H and O–H groups in total. The van der Waals surface area contributed by atoms with Crippen LogP contribution in [0.1, 0.15) is 27.2 Å². The second kappa shape index (κ2) is 4.64. The smallest absolute Gasteiger partial charge is 0.191 e. The predicted molar refractivity (Wildman–Crippen MR) is 58.1 cm³/mol. The third-order valence-corrected chi connectivity index (χ3v) is 2.57. The Kier molecular flexibility index (Phi) is 3.75. The molecule has 0 bridgehead atoms. The lowest BCUT2D eigenvalue weighted by Crippen LogP contribution is -2.48. The third-order valence-electron chi connectivity index (χ3n) is 2.57. The molecule has 2 unspecified atom stereocenters. The summed E-state index contributed by atoms with van der Waals surface area (Å²) in [6.45, 7) is 7.68. The van der Waals surface area contributed by atoms with E-state index in [9.17, 15) is 5.11 Å². The van der Waals surface area contributed by atoms with E-state index in [-0.39, 0.29) is 18.1 Å². The van der Waals surface area contributed by atoms with Crippen molar-refractivity contribution in [2.24, 2.45) is 16.6 Å². The number of nitrogens with zero attached hydrogens (tertiary/aromatic N) is 2. The Morgan fingerprint density at radius 3 is 2.71 bits per heavy atom. The Morgan fingerprint density at radius 2 is 2.21 bits per heavy atom. The molecule has 0 saturated carbocycles. The summed E-state index contributed by atoms with van der Waals surface area (Å²) in [4.78, 5) is 6.35. The second-order valence-electron chi connectivity index (χ2n) is 4.36. The van der Waals surface area contributed by atoms with Crippen molar-refractivity contribution in [3.8, 4) is 0 Å². The van der Waals surface area contributed by atoms with Crippen molar-refractivity contribution in [3.05, 3.63) is 0 Å². The molecule has 0 radical (unpaired) electrons. The van der Waals surface area contributed by atoms with Gasteiger partial charge in [0.2, 0.25) is 0 Å². The zero-order chi connectivity index (χ0) is 10.7. The monoisotopic (exact) mass is 199 g/mol. The van der Waals surface area contributed by atoms with E-state index in [0.29, 0.717) is 5.96 Å². The molecule has 0 aliphatic carbocycles. The highest BCUT2D eigenvalue weighted by Gasteiger charge is 2.25. The quantitative estimate of drug-likeness (QED) is 0.475. The summed E-state index contributed by atoms with van der Waals surface area (Å²) in [5.41, 5.74) is 5.85. The first-order valence-electron chi connectivity index (χ1n) is 5.27. The van der Waals surface area contributed by atoms with Crippen LogP contribution in [0.5, 0.6) is 0 Å². The van der Waals surface area contributed by atoms with Crippen LogP contribution in [0.4, 0.5) is 0 Å². The van der Waals surface area contributed by atoms with Gasteiger partial charge in [-0.2, -0.15) is 0 Å². The maximum Gasteiger partial charge on any atom is 0.191 e. The van der Waals surface area contributed by atoms with E-state index in [2.05, 4.69) is 9.89 Å². The molecule has 82 valence electrons. The van der Waals surface area contributed by atoms with E-state index in [1.165, 1.54) is 0 Å². The molecule has 1 heterocycles. The van der Waals surface area contributed by atoms with Crippen LogP contribution in [-0.2, 0) is 0 Å². The van der Waals surface area contributed by atoms with Gasteiger partial charge in [-0.15, -0.1) is 0 Å². The SMILES string of the molecule is CC(C)N=C(N)N1CCC(O)C(C)C1. The Labute approximate surface area is 85.8 Å². The van der Waals surface area contributed by atoms with Crippen molar-refractivity contribution < 1.29 is 5.11 Å². The molecule has 1 saturated heterocycles. The van der Waals surface area contributed by atoms with Gasteiger partial charge in [0.15, 0.2) is 5.96 Å². The number of aliphatic hydroxyl groups is 1. The summed E-state index contributed by atoms with van der Waals surface area (Å²) in [6.07, 6.45) is 0.605. The first-order valence-corrected chi connectivity index (χ1v) is 5.27. The average molecular weight is 199 g/mol. The Morgan fingerprint density at radius 1 is 1.57 bits per heavy atom. The van der Waals surface area contributed by atoms with Crippen LogP contribution < -0.4 is 5.73 Å². The average Bonchev–Trinajstić information content (AvgIpc) is 2.08. The standard InChI is InChI=1S/C10H21N3O/c1-7(2)12-10(11)13-5-4-9(14)8(3)6-13/h7-9,14H,4-6H2,1-3H3,(H2,11,12). The van der Waals surface area contributed by atoms with Gasteiger partial charge in [-0.1, -0.05) is 6.92 Å². The van der Waals surface area contributed by atoms with E-state index >= 15 is 0 Å². The van der Waals surface area contributed by atoms with Crippen molar-refractivity contribution in [3.63, 3.8) is 0 Å². The van der Waals surface area contributed by atoms with Crippen LogP contribution in [0, 0.1) is 5.92 Å². The van der Waals surface area contributed by atoms with E-state index in [1.807, 2.05) is 20.8 Å². The van der Waals surface area contributed by atoms with Crippen LogP contribution in [0.3, 0.4) is 0 Å². The lowest BCUT2D eigenvalue weighted by Gasteiger charge is -2.35. The van der Waals surface area contributed by atoms with Crippen molar-refractivity contribution in [1.29, 1.82) is 0 Å². The number of hydrogen-bond donors (Lipinski definition) is 2. The zero-order valence-corrected chi connectivity index (χ0v) is 9.27. The van der Waals surface area contributed by atoms with Gasteiger partial charge in [0.05, 0.1) is 6.10 Å². The van der Waals surface area contributed by atoms with Crippen LogP contribution in [0.2, 0.25) is 0 Å². The number of aliphatic hydroxyl groups excluding tert-OH is 1. The molecule has 0 aromatic rings. The Bertz CT molecular complexity index is 215. The molecular formula is C10H21N3O. The van der Waals surface area contributed by atoms with Gasteiger partial charge in [-0.3, -0.25) is 4.99 Å². The van der Waals surface area contributed by atoms with Gasteiger partial charge >= 0.3 is 0 Å². The van der Waals surface area contributed by atoms with Crippen LogP contribution in [-0.4, -0.2) is 41.2 Å². The van der Waals surface area contributed by atoms with Crippen molar-refractivity contribution >= 4 is 5.96 Å². The fraction of sp³-hybridized carbons (Fsp3) is 0.900. The van der Waals surface area contributed by atoms with Crippen LogP contribution >= 0.6 is 0 Å².